The van der Waals surface area contributed by atoms with Crippen LogP contribution in [0.3, 0.4) is 0 Å². The lowest BCUT2D eigenvalue weighted by molar-refractivity contribution is -0.143. The smallest absolute Gasteiger partial charge is 0.307 e. The molecular weight excluding hydrogens is 310 g/mol. The lowest BCUT2D eigenvalue weighted by Gasteiger charge is -2.17. The van der Waals surface area contributed by atoms with Gasteiger partial charge in [-0.3, -0.25) is 4.79 Å². The van der Waals surface area contributed by atoms with Gasteiger partial charge in [-0.15, -0.1) is 0 Å². The van der Waals surface area contributed by atoms with Gasteiger partial charge in [0.1, 0.15) is 5.75 Å². The predicted molar refractivity (Wildman–Crippen MR) is 78.3 cm³/mol. The van der Waals surface area contributed by atoms with Crippen molar-refractivity contribution in [3.8, 4) is 5.75 Å². The molecule has 1 aromatic carbocycles. The molecule has 0 atom stereocenters. The molecule has 0 aliphatic carbocycles. The topological polar surface area (TPSA) is 38.8 Å². The molecule has 19 heavy (non-hydrogen) atoms. The summed E-state index contributed by atoms with van der Waals surface area (Å²) in [5.41, 5.74) is 1.13. The molecule has 0 N–H and O–H groups in total. The van der Waals surface area contributed by atoms with Gasteiger partial charge < -0.3 is 14.4 Å². The largest absolute Gasteiger partial charge is 0.497 e. The second-order valence-electron chi connectivity index (χ2n) is 4.25. The van der Waals surface area contributed by atoms with E-state index in [-0.39, 0.29) is 5.97 Å². The summed E-state index contributed by atoms with van der Waals surface area (Å²) in [5.74, 6) is 0.677. The summed E-state index contributed by atoms with van der Waals surface area (Å²) in [6.07, 6.45) is 0.409. The molecule has 0 amide bonds. The zero-order valence-corrected chi connectivity index (χ0v) is 13.2. The van der Waals surface area contributed by atoms with Crippen molar-refractivity contribution >= 4 is 21.9 Å². The van der Waals surface area contributed by atoms with E-state index in [1.165, 1.54) is 0 Å². The van der Waals surface area contributed by atoms with Gasteiger partial charge in [-0.25, -0.2) is 0 Å². The van der Waals surface area contributed by atoms with E-state index in [2.05, 4.69) is 20.8 Å². The first-order valence-electron chi connectivity index (χ1n) is 6.23. The molecule has 0 saturated carbocycles. The van der Waals surface area contributed by atoms with Gasteiger partial charge in [0.15, 0.2) is 0 Å². The first-order chi connectivity index (χ1) is 9.06. The minimum atomic E-state index is -0.154. The summed E-state index contributed by atoms with van der Waals surface area (Å²) in [4.78, 5) is 13.4. The molecule has 0 spiro atoms. The molecule has 0 unspecified atom stereocenters. The third-order valence-electron chi connectivity index (χ3n) is 2.70. The summed E-state index contributed by atoms with van der Waals surface area (Å²) >= 11 is 3.52. The molecule has 0 aliphatic rings. The van der Waals surface area contributed by atoms with Crippen LogP contribution in [0.15, 0.2) is 22.7 Å². The maximum atomic E-state index is 11.3. The van der Waals surface area contributed by atoms with Crippen molar-refractivity contribution in [2.75, 3.05) is 27.3 Å². The van der Waals surface area contributed by atoms with E-state index in [0.717, 1.165) is 22.3 Å². The number of carbonyl (C=O) groups is 1. The standard InChI is InChI=1S/C14H20BrNO3/c1-4-19-14(17)7-8-16(2)10-11-9-12(18-3)5-6-13(11)15/h5-6,9H,4,7-8,10H2,1-3H3. The van der Waals surface area contributed by atoms with Gasteiger partial charge in [-0.2, -0.15) is 0 Å². The Morgan fingerprint density at radius 1 is 1.42 bits per heavy atom. The summed E-state index contributed by atoms with van der Waals surface area (Å²) in [6, 6.07) is 5.87. The van der Waals surface area contributed by atoms with E-state index in [1.54, 1.807) is 7.11 Å². The Bertz CT molecular complexity index is 423. The lowest BCUT2D eigenvalue weighted by Crippen LogP contribution is -2.22. The monoisotopic (exact) mass is 329 g/mol. The van der Waals surface area contributed by atoms with Crippen molar-refractivity contribution in [3.63, 3.8) is 0 Å². The number of hydrogen-bond acceptors (Lipinski definition) is 4. The second-order valence-corrected chi connectivity index (χ2v) is 5.10. The summed E-state index contributed by atoms with van der Waals surface area (Å²) in [5, 5.41) is 0. The number of nitrogens with zero attached hydrogens (tertiary/aromatic N) is 1. The van der Waals surface area contributed by atoms with Gasteiger partial charge in [0.25, 0.3) is 0 Å². The Morgan fingerprint density at radius 2 is 2.16 bits per heavy atom. The summed E-state index contributed by atoms with van der Waals surface area (Å²) < 4.78 is 11.2. The van der Waals surface area contributed by atoms with Crippen LogP contribution in [0.2, 0.25) is 0 Å². The SMILES string of the molecule is CCOC(=O)CCN(C)Cc1cc(OC)ccc1Br. The molecule has 0 saturated heterocycles. The third-order valence-corrected chi connectivity index (χ3v) is 3.47. The van der Waals surface area contributed by atoms with E-state index in [0.29, 0.717) is 19.6 Å². The van der Waals surface area contributed by atoms with Gasteiger partial charge >= 0.3 is 5.97 Å². The highest BCUT2D eigenvalue weighted by Gasteiger charge is 2.08. The summed E-state index contributed by atoms with van der Waals surface area (Å²) in [6.45, 7) is 3.67. The fraction of sp³-hybridized carbons (Fsp3) is 0.500. The molecule has 0 bridgehead atoms. The number of carbonyl (C=O) groups excluding carboxylic acids is 1. The molecule has 0 aromatic heterocycles. The maximum Gasteiger partial charge on any atom is 0.307 e. The minimum Gasteiger partial charge on any atom is -0.497 e. The number of rotatable bonds is 7. The summed E-state index contributed by atoms with van der Waals surface area (Å²) in [7, 11) is 3.63. The number of ether oxygens (including phenoxy) is 2. The number of halogens is 1. The van der Waals surface area contributed by atoms with Crippen molar-refractivity contribution < 1.29 is 14.3 Å². The van der Waals surface area contributed by atoms with E-state index in [4.69, 9.17) is 9.47 Å². The van der Waals surface area contributed by atoms with Crippen molar-refractivity contribution in [2.24, 2.45) is 0 Å². The van der Waals surface area contributed by atoms with E-state index >= 15 is 0 Å². The number of hydrogen-bond donors (Lipinski definition) is 0. The minimum absolute atomic E-state index is 0.154. The number of methoxy groups -OCH3 is 1. The third kappa shape index (κ3) is 5.61. The fourth-order valence-electron chi connectivity index (χ4n) is 1.68. The van der Waals surface area contributed by atoms with Crippen molar-refractivity contribution in [1.82, 2.24) is 4.90 Å². The Labute approximate surface area is 122 Å². The second kappa shape index (κ2) is 8.17. The molecular formula is C14H20BrNO3. The van der Waals surface area contributed by atoms with E-state index in [1.807, 2.05) is 32.2 Å². The molecule has 4 nitrogen and oxygen atoms in total. The first-order valence-corrected chi connectivity index (χ1v) is 7.02. The van der Waals surface area contributed by atoms with Gasteiger partial charge in [0, 0.05) is 17.6 Å². The molecule has 1 aromatic rings. The van der Waals surface area contributed by atoms with Crippen LogP contribution < -0.4 is 4.74 Å². The van der Waals surface area contributed by atoms with Gasteiger partial charge in [0.2, 0.25) is 0 Å². The van der Waals surface area contributed by atoms with Crippen LogP contribution in [-0.4, -0.2) is 38.2 Å². The lowest BCUT2D eigenvalue weighted by atomic mass is 10.2. The van der Waals surface area contributed by atoms with Crippen molar-refractivity contribution in [2.45, 2.75) is 19.9 Å². The molecule has 0 radical (unpaired) electrons. The maximum absolute atomic E-state index is 11.3. The molecule has 106 valence electrons. The molecule has 0 aliphatic heterocycles. The molecule has 1 rings (SSSR count). The van der Waals surface area contributed by atoms with Gasteiger partial charge in [-0.05, 0) is 37.7 Å². The number of benzene rings is 1. The first kappa shape index (κ1) is 16.0. The Kier molecular flexibility index (Phi) is 6.87. The normalized spacial score (nSPS) is 10.6. The zero-order valence-electron chi connectivity index (χ0n) is 11.6. The van der Waals surface area contributed by atoms with Gasteiger partial charge in [-0.1, -0.05) is 15.9 Å². The Morgan fingerprint density at radius 3 is 2.79 bits per heavy atom. The molecule has 5 heteroatoms. The Hall–Kier alpha value is -1.07. The highest BCUT2D eigenvalue weighted by atomic mass is 79.9. The van der Waals surface area contributed by atoms with E-state index < -0.39 is 0 Å². The number of esters is 1. The van der Waals surface area contributed by atoms with Crippen LogP contribution in [0.4, 0.5) is 0 Å². The predicted octanol–water partition coefficient (Wildman–Crippen LogP) is 2.84. The van der Waals surface area contributed by atoms with Crippen LogP contribution in [0, 0.1) is 0 Å². The average Bonchev–Trinajstić information content (AvgIpc) is 2.39. The highest BCUT2D eigenvalue weighted by molar-refractivity contribution is 9.10. The van der Waals surface area contributed by atoms with Crippen LogP contribution in [0.5, 0.6) is 5.75 Å². The van der Waals surface area contributed by atoms with Crippen LogP contribution >= 0.6 is 15.9 Å². The quantitative estimate of drug-likeness (QED) is 0.721. The zero-order chi connectivity index (χ0) is 14.3. The van der Waals surface area contributed by atoms with Crippen LogP contribution in [0.25, 0.3) is 0 Å². The highest BCUT2D eigenvalue weighted by Crippen LogP contribution is 2.23. The Balaban J connectivity index is 2.52. The van der Waals surface area contributed by atoms with Crippen LogP contribution in [0.1, 0.15) is 18.9 Å². The molecule has 0 fully saturated rings. The van der Waals surface area contributed by atoms with E-state index in [9.17, 15) is 4.79 Å². The molecule has 0 heterocycles. The van der Waals surface area contributed by atoms with Crippen LogP contribution in [-0.2, 0) is 16.1 Å². The average molecular weight is 330 g/mol. The van der Waals surface area contributed by atoms with Crippen molar-refractivity contribution in [1.29, 1.82) is 0 Å². The van der Waals surface area contributed by atoms with Gasteiger partial charge in [0.05, 0.1) is 20.1 Å². The van der Waals surface area contributed by atoms with Crippen molar-refractivity contribution in [3.05, 3.63) is 28.2 Å². The fourth-order valence-corrected chi connectivity index (χ4v) is 2.06.